The molecule has 7 heteroatoms. The molecule has 0 aliphatic rings. The lowest BCUT2D eigenvalue weighted by Crippen LogP contribution is -2.29. The molecule has 1 heterocycles. The quantitative estimate of drug-likeness (QED) is 0.479. The van der Waals surface area contributed by atoms with Crippen LogP contribution in [0.15, 0.2) is 64.5 Å². The first-order valence-corrected chi connectivity index (χ1v) is 10.1. The molecule has 0 radical (unpaired) electrons. The van der Waals surface area contributed by atoms with Crippen LogP contribution >= 0.6 is 23.4 Å². The van der Waals surface area contributed by atoms with Crippen LogP contribution in [0.1, 0.15) is 16.8 Å². The number of thioether (sulfide) groups is 1. The third-order valence-corrected chi connectivity index (χ3v) is 5.61. The summed E-state index contributed by atoms with van der Waals surface area (Å²) in [7, 11) is 0. The molecule has 1 N–H and O–H groups in total. The van der Waals surface area contributed by atoms with Crippen molar-refractivity contribution < 1.29 is 4.79 Å². The first-order valence-electron chi connectivity index (χ1n) is 8.74. The van der Waals surface area contributed by atoms with Crippen molar-refractivity contribution in [1.29, 1.82) is 0 Å². The second-order valence-corrected chi connectivity index (χ2v) is 7.69. The third kappa shape index (κ3) is 5.03. The smallest absolute Gasteiger partial charge is 0.254 e. The maximum absolute atomic E-state index is 12.6. The molecule has 1 amide bonds. The number of anilines is 1. The molecule has 0 atom stereocenters. The van der Waals surface area contributed by atoms with Crippen molar-refractivity contribution in [3.05, 3.63) is 86.8 Å². The number of hydrogen-bond donors (Lipinski definition) is 1. The van der Waals surface area contributed by atoms with Crippen LogP contribution in [-0.4, -0.2) is 15.5 Å². The SMILES string of the molecule is Cc1cc(=O)n(CC(=O)Nc2cccc(Cl)c2C)c(SCc2ccccc2)n1. The minimum Gasteiger partial charge on any atom is -0.324 e. The number of carbonyl (C=O) groups is 1. The summed E-state index contributed by atoms with van der Waals surface area (Å²) < 4.78 is 1.40. The van der Waals surface area contributed by atoms with E-state index in [4.69, 9.17) is 11.6 Å². The highest BCUT2D eigenvalue weighted by molar-refractivity contribution is 7.98. The van der Waals surface area contributed by atoms with Gasteiger partial charge in [-0.2, -0.15) is 0 Å². The van der Waals surface area contributed by atoms with E-state index in [-0.39, 0.29) is 18.0 Å². The summed E-state index contributed by atoms with van der Waals surface area (Å²) in [5.41, 5.74) is 2.91. The van der Waals surface area contributed by atoms with Gasteiger partial charge in [0, 0.05) is 28.2 Å². The summed E-state index contributed by atoms with van der Waals surface area (Å²) in [5, 5.41) is 3.92. The predicted octanol–water partition coefficient (Wildman–Crippen LogP) is 4.44. The number of amides is 1. The number of carbonyl (C=O) groups excluding carboxylic acids is 1. The molecule has 28 heavy (non-hydrogen) atoms. The average Bonchev–Trinajstić information content (AvgIpc) is 2.67. The van der Waals surface area contributed by atoms with Gasteiger partial charge in [0.15, 0.2) is 5.16 Å². The Bertz CT molecular complexity index is 1050. The Morgan fingerprint density at radius 3 is 2.64 bits per heavy atom. The fourth-order valence-electron chi connectivity index (χ4n) is 2.65. The standard InChI is InChI=1S/C21H20ClN3O2S/c1-14-11-20(27)25(21(23-14)28-13-16-7-4-3-5-8-16)12-19(26)24-18-10-6-9-17(22)15(18)2/h3-11H,12-13H2,1-2H3,(H,24,26). The molecule has 0 saturated heterocycles. The van der Waals surface area contributed by atoms with E-state index in [1.54, 1.807) is 25.1 Å². The summed E-state index contributed by atoms with van der Waals surface area (Å²) in [6, 6.07) is 16.7. The van der Waals surface area contributed by atoms with Crippen LogP contribution in [0.2, 0.25) is 5.02 Å². The highest BCUT2D eigenvalue weighted by Gasteiger charge is 2.13. The lowest BCUT2D eigenvalue weighted by molar-refractivity contribution is -0.116. The number of nitrogens with one attached hydrogen (secondary N) is 1. The summed E-state index contributed by atoms with van der Waals surface area (Å²) in [5.74, 6) is 0.353. The lowest BCUT2D eigenvalue weighted by Gasteiger charge is -2.13. The molecule has 0 fully saturated rings. The van der Waals surface area contributed by atoms with Crippen molar-refractivity contribution in [3.8, 4) is 0 Å². The van der Waals surface area contributed by atoms with E-state index >= 15 is 0 Å². The Balaban J connectivity index is 1.79. The van der Waals surface area contributed by atoms with Gasteiger partial charge >= 0.3 is 0 Å². The normalized spacial score (nSPS) is 10.7. The van der Waals surface area contributed by atoms with Gasteiger partial charge in [0.1, 0.15) is 6.54 Å². The Labute approximate surface area is 172 Å². The fraction of sp³-hybridized carbons (Fsp3) is 0.190. The van der Waals surface area contributed by atoms with E-state index < -0.39 is 0 Å². The molecular weight excluding hydrogens is 394 g/mol. The van der Waals surface area contributed by atoms with Gasteiger partial charge in [-0.05, 0) is 37.1 Å². The number of hydrogen-bond acceptors (Lipinski definition) is 4. The molecule has 2 aromatic carbocycles. The van der Waals surface area contributed by atoms with E-state index in [2.05, 4.69) is 10.3 Å². The molecule has 144 valence electrons. The molecule has 0 unspecified atom stereocenters. The van der Waals surface area contributed by atoms with Crippen molar-refractivity contribution >= 4 is 35.0 Å². The summed E-state index contributed by atoms with van der Waals surface area (Å²) in [4.78, 5) is 29.5. The lowest BCUT2D eigenvalue weighted by atomic mass is 10.2. The largest absolute Gasteiger partial charge is 0.324 e. The predicted molar refractivity (Wildman–Crippen MR) is 114 cm³/mol. The number of nitrogens with zero attached hydrogens (tertiary/aromatic N) is 2. The summed E-state index contributed by atoms with van der Waals surface area (Å²) in [6.07, 6.45) is 0. The van der Waals surface area contributed by atoms with Gasteiger partial charge in [0.05, 0.1) is 0 Å². The molecular formula is C21H20ClN3O2S. The molecule has 0 aliphatic heterocycles. The second-order valence-electron chi connectivity index (χ2n) is 6.34. The zero-order valence-electron chi connectivity index (χ0n) is 15.6. The second kappa shape index (κ2) is 9.08. The van der Waals surface area contributed by atoms with E-state index in [1.807, 2.05) is 37.3 Å². The summed E-state index contributed by atoms with van der Waals surface area (Å²) in [6.45, 7) is 3.49. The van der Waals surface area contributed by atoms with Gasteiger partial charge in [-0.3, -0.25) is 14.2 Å². The van der Waals surface area contributed by atoms with Gasteiger partial charge in [0.2, 0.25) is 5.91 Å². The Morgan fingerprint density at radius 1 is 1.14 bits per heavy atom. The van der Waals surface area contributed by atoms with Crippen molar-refractivity contribution in [2.75, 3.05) is 5.32 Å². The molecule has 0 aliphatic carbocycles. The van der Waals surface area contributed by atoms with E-state index in [0.717, 1.165) is 11.1 Å². The van der Waals surface area contributed by atoms with Gasteiger partial charge in [-0.25, -0.2) is 4.98 Å². The monoisotopic (exact) mass is 413 g/mol. The van der Waals surface area contributed by atoms with Crippen LogP contribution in [0.25, 0.3) is 0 Å². The molecule has 0 saturated carbocycles. The van der Waals surface area contributed by atoms with Gasteiger partial charge in [-0.1, -0.05) is 59.8 Å². The van der Waals surface area contributed by atoms with Crippen molar-refractivity contribution in [3.63, 3.8) is 0 Å². The van der Waals surface area contributed by atoms with E-state index in [1.165, 1.54) is 22.4 Å². The minimum absolute atomic E-state index is 0.116. The highest BCUT2D eigenvalue weighted by atomic mass is 35.5. The van der Waals surface area contributed by atoms with Crippen molar-refractivity contribution in [1.82, 2.24) is 9.55 Å². The zero-order valence-corrected chi connectivity index (χ0v) is 17.2. The Morgan fingerprint density at radius 2 is 1.89 bits per heavy atom. The number of halogens is 1. The third-order valence-electron chi connectivity index (χ3n) is 4.16. The molecule has 3 rings (SSSR count). The Hall–Kier alpha value is -2.57. The van der Waals surface area contributed by atoms with Gasteiger partial charge in [-0.15, -0.1) is 0 Å². The molecule has 0 spiro atoms. The van der Waals surface area contributed by atoms with Crippen LogP contribution in [0.4, 0.5) is 5.69 Å². The Kier molecular flexibility index (Phi) is 6.54. The molecule has 3 aromatic rings. The zero-order chi connectivity index (χ0) is 20.1. The maximum Gasteiger partial charge on any atom is 0.254 e. The van der Waals surface area contributed by atoms with Crippen LogP contribution < -0.4 is 10.9 Å². The minimum atomic E-state index is -0.306. The highest BCUT2D eigenvalue weighted by Crippen LogP contribution is 2.23. The van der Waals surface area contributed by atoms with Gasteiger partial charge < -0.3 is 5.32 Å². The topological polar surface area (TPSA) is 64.0 Å². The first kappa shape index (κ1) is 20.2. The fourth-order valence-corrected chi connectivity index (χ4v) is 3.83. The molecule has 1 aromatic heterocycles. The van der Waals surface area contributed by atoms with E-state index in [0.29, 0.717) is 27.3 Å². The van der Waals surface area contributed by atoms with Crippen LogP contribution in [0.5, 0.6) is 0 Å². The van der Waals surface area contributed by atoms with Crippen molar-refractivity contribution in [2.45, 2.75) is 31.3 Å². The van der Waals surface area contributed by atoms with Gasteiger partial charge in [0.25, 0.3) is 5.56 Å². The van der Waals surface area contributed by atoms with Crippen molar-refractivity contribution in [2.24, 2.45) is 0 Å². The number of benzene rings is 2. The first-order chi connectivity index (χ1) is 13.4. The number of rotatable bonds is 6. The maximum atomic E-state index is 12.6. The van der Waals surface area contributed by atoms with E-state index in [9.17, 15) is 9.59 Å². The average molecular weight is 414 g/mol. The van der Waals surface area contributed by atoms with Crippen LogP contribution in [0, 0.1) is 13.8 Å². The molecule has 5 nitrogen and oxygen atoms in total. The molecule has 0 bridgehead atoms. The van der Waals surface area contributed by atoms with Crippen LogP contribution in [0.3, 0.4) is 0 Å². The number of aryl methyl sites for hydroxylation is 1. The number of aromatic nitrogens is 2. The van der Waals surface area contributed by atoms with Crippen LogP contribution in [-0.2, 0) is 17.1 Å². The summed E-state index contributed by atoms with van der Waals surface area (Å²) >= 11 is 7.54.